The maximum absolute atomic E-state index is 11.0. The van der Waals surface area contributed by atoms with Crippen molar-refractivity contribution in [3.63, 3.8) is 0 Å². The molecule has 0 amide bonds. The van der Waals surface area contributed by atoms with Crippen molar-refractivity contribution < 1.29 is 9.84 Å². The summed E-state index contributed by atoms with van der Waals surface area (Å²) >= 11 is 0. The van der Waals surface area contributed by atoms with Crippen LogP contribution in [0.1, 0.15) is 6.92 Å². The first-order valence-corrected chi connectivity index (χ1v) is 3.70. The number of hydrogen-bond donors (Lipinski definition) is 1. The molecule has 0 radical (unpaired) electrons. The van der Waals surface area contributed by atoms with Gasteiger partial charge in [0.15, 0.2) is 5.75 Å². The van der Waals surface area contributed by atoms with Crippen molar-refractivity contribution in [3.8, 4) is 11.5 Å². The van der Waals surface area contributed by atoms with Crippen molar-refractivity contribution in [3.05, 3.63) is 34.5 Å². The van der Waals surface area contributed by atoms with Gasteiger partial charge in [-0.1, -0.05) is 6.07 Å². The molecule has 0 aliphatic carbocycles. The predicted octanol–water partition coefficient (Wildman–Crippen LogP) is 1.15. The molecule has 0 aromatic heterocycles. The minimum Gasteiger partial charge on any atom is -0.504 e. The predicted molar refractivity (Wildman–Crippen MR) is 45.5 cm³/mol. The molecule has 0 heterocycles. The molecule has 64 valence electrons. The van der Waals surface area contributed by atoms with E-state index in [-0.39, 0.29) is 5.75 Å². The monoisotopic (exact) mass is 166 g/mol. The number of hydrogen-bond acceptors (Lipinski definition) is 3. The fourth-order valence-electron chi connectivity index (χ4n) is 0.824. The fraction of sp³-hybridized carbons (Fsp3) is 0.222. The van der Waals surface area contributed by atoms with Crippen molar-refractivity contribution in [2.24, 2.45) is 0 Å². The van der Waals surface area contributed by atoms with Crippen LogP contribution in [-0.4, -0.2) is 11.7 Å². The highest BCUT2D eigenvalue weighted by Gasteiger charge is 1.94. The molecule has 1 rings (SSSR count). The van der Waals surface area contributed by atoms with E-state index < -0.39 is 5.43 Å². The molecule has 0 atom stereocenters. The van der Waals surface area contributed by atoms with Crippen LogP contribution < -0.4 is 10.2 Å². The zero-order chi connectivity index (χ0) is 8.97. The van der Waals surface area contributed by atoms with Gasteiger partial charge in [-0.15, -0.1) is 0 Å². The topological polar surface area (TPSA) is 46.5 Å². The molecule has 0 spiro atoms. The van der Waals surface area contributed by atoms with Crippen LogP contribution in [0.5, 0.6) is 11.5 Å². The minimum atomic E-state index is -0.427. The van der Waals surface area contributed by atoms with Crippen molar-refractivity contribution in [2.75, 3.05) is 6.61 Å². The Labute approximate surface area is 70.2 Å². The molecule has 0 saturated heterocycles. The summed E-state index contributed by atoms with van der Waals surface area (Å²) in [7, 11) is 0. The SMILES string of the molecule is CCOc1cccc(O)c(=O)c1. The van der Waals surface area contributed by atoms with Gasteiger partial charge in [-0.2, -0.15) is 0 Å². The standard InChI is InChI=1S/C9H10O3/c1-2-12-7-4-3-5-8(10)9(11)6-7/h3-6H,2H2,1H3,(H,10,11). The first kappa shape index (κ1) is 8.59. The van der Waals surface area contributed by atoms with E-state index in [2.05, 4.69) is 0 Å². The number of aromatic hydroxyl groups is 1. The summed E-state index contributed by atoms with van der Waals surface area (Å²) in [5.74, 6) is 0.212. The third-order valence-electron chi connectivity index (χ3n) is 1.35. The van der Waals surface area contributed by atoms with Gasteiger partial charge in [0, 0.05) is 6.07 Å². The smallest absolute Gasteiger partial charge is 0.223 e. The van der Waals surface area contributed by atoms with E-state index in [1.165, 1.54) is 12.1 Å². The lowest BCUT2D eigenvalue weighted by Crippen LogP contribution is -1.96. The van der Waals surface area contributed by atoms with E-state index in [0.717, 1.165) is 0 Å². The second-order valence-electron chi connectivity index (χ2n) is 2.25. The Morgan fingerprint density at radius 2 is 2.25 bits per heavy atom. The molecular weight excluding hydrogens is 156 g/mol. The fourth-order valence-corrected chi connectivity index (χ4v) is 0.824. The van der Waals surface area contributed by atoms with Crippen LogP contribution in [0.3, 0.4) is 0 Å². The zero-order valence-corrected chi connectivity index (χ0v) is 6.78. The Morgan fingerprint density at radius 3 is 2.92 bits per heavy atom. The molecule has 3 nitrogen and oxygen atoms in total. The quantitative estimate of drug-likeness (QED) is 0.716. The highest BCUT2D eigenvalue weighted by atomic mass is 16.5. The van der Waals surface area contributed by atoms with Crippen LogP contribution in [-0.2, 0) is 0 Å². The summed E-state index contributed by atoms with van der Waals surface area (Å²) in [5, 5.41) is 9.00. The highest BCUT2D eigenvalue weighted by molar-refractivity contribution is 5.27. The Kier molecular flexibility index (Phi) is 2.69. The molecule has 0 aliphatic rings. The number of rotatable bonds is 2. The summed E-state index contributed by atoms with van der Waals surface area (Å²) in [4.78, 5) is 11.0. The minimum absolute atomic E-state index is 0.263. The van der Waals surface area contributed by atoms with Gasteiger partial charge in [-0.25, -0.2) is 0 Å². The molecule has 3 heteroatoms. The Morgan fingerprint density at radius 1 is 1.50 bits per heavy atom. The number of ether oxygens (including phenoxy) is 1. The van der Waals surface area contributed by atoms with Gasteiger partial charge < -0.3 is 9.84 Å². The lowest BCUT2D eigenvalue weighted by Gasteiger charge is -1.96. The Hall–Kier alpha value is -1.51. The van der Waals surface area contributed by atoms with Crippen LogP contribution in [0.15, 0.2) is 29.1 Å². The maximum atomic E-state index is 11.0. The van der Waals surface area contributed by atoms with Crippen LogP contribution >= 0.6 is 0 Å². The van der Waals surface area contributed by atoms with E-state index in [9.17, 15) is 4.79 Å². The van der Waals surface area contributed by atoms with E-state index in [0.29, 0.717) is 12.4 Å². The summed E-state index contributed by atoms with van der Waals surface area (Å²) < 4.78 is 5.09. The molecule has 1 aromatic rings. The van der Waals surface area contributed by atoms with Gasteiger partial charge in [-0.3, -0.25) is 4.79 Å². The first-order valence-electron chi connectivity index (χ1n) is 3.70. The molecule has 0 bridgehead atoms. The zero-order valence-electron chi connectivity index (χ0n) is 6.78. The molecule has 12 heavy (non-hydrogen) atoms. The van der Waals surface area contributed by atoms with Crippen molar-refractivity contribution in [1.29, 1.82) is 0 Å². The third-order valence-corrected chi connectivity index (χ3v) is 1.35. The molecule has 1 N–H and O–H groups in total. The normalized spacial score (nSPS) is 9.42. The lowest BCUT2D eigenvalue weighted by atomic mass is 10.4. The lowest BCUT2D eigenvalue weighted by molar-refractivity contribution is 0.340. The summed E-state index contributed by atoms with van der Waals surface area (Å²) in [6.07, 6.45) is 0. The van der Waals surface area contributed by atoms with Crippen LogP contribution in [0.25, 0.3) is 0 Å². The van der Waals surface area contributed by atoms with Gasteiger partial charge in [0.2, 0.25) is 5.43 Å². The van der Waals surface area contributed by atoms with Gasteiger partial charge in [0.1, 0.15) is 5.75 Å². The van der Waals surface area contributed by atoms with Gasteiger partial charge in [0.05, 0.1) is 6.61 Å². The van der Waals surface area contributed by atoms with Crippen LogP contribution in [0, 0.1) is 0 Å². The molecule has 0 aliphatic heterocycles. The van der Waals surface area contributed by atoms with Crippen LogP contribution in [0.2, 0.25) is 0 Å². The van der Waals surface area contributed by atoms with Crippen molar-refractivity contribution in [2.45, 2.75) is 6.92 Å². The van der Waals surface area contributed by atoms with Gasteiger partial charge in [0.25, 0.3) is 0 Å². The summed E-state index contributed by atoms with van der Waals surface area (Å²) in [6, 6.07) is 5.80. The molecule has 0 unspecified atom stereocenters. The highest BCUT2D eigenvalue weighted by Crippen LogP contribution is 2.07. The van der Waals surface area contributed by atoms with E-state index in [1.807, 2.05) is 6.92 Å². The van der Waals surface area contributed by atoms with Gasteiger partial charge in [-0.05, 0) is 19.1 Å². The summed E-state index contributed by atoms with van der Waals surface area (Å²) in [5.41, 5.74) is -0.427. The molecule has 0 fully saturated rings. The maximum Gasteiger partial charge on any atom is 0.223 e. The second kappa shape index (κ2) is 3.76. The largest absolute Gasteiger partial charge is 0.504 e. The average molecular weight is 166 g/mol. The van der Waals surface area contributed by atoms with E-state index in [4.69, 9.17) is 9.84 Å². The van der Waals surface area contributed by atoms with E-state index >= 15 is 0 Å². The van der Waals surface area contributed by atoms with Gasteiger partial charge >= 0.3 is 0 Å². The van der Waals surface area contributed by atoms with Crippen LogP contribution in [0.4, 0.5) is 0 Å². The molecular formula is C9H10O3. The second-order valence-corrected chi connectivity index (χ2v) is 2.25. The van der Waals surface area contributed by atoms with Crippen molar-refractivity contribution in [1.82, 2.24) is 0 Å². The summed E-state index contributed by atoms with van der Waals surface area (Å²) in [6.45, 7) is 2.33. The average Bonchev–Trinajstić information content (AvgIpc) is 2.16. The third kappa shape index (κ3) is 1.99. The first-order chi connectivity index (χ1) is 5.74. The van der Waals surface area contributed by atoms with Crippen molar-refractivity contribution >= 4 is 0 Å². The Balaban J connectivity index is 3.13. The molecule has 1 aromatic carbocycles. The Bertz CT molecular complexity index is 320. The molecule has 0 saturated carbocycles. The van der Waals surface area contributed by atoms with E-state index in [1.54, 1.807) is 12.1 Å².